The minimum absolute atomic E-state index is 0.00530. The molecular formula is C22H32N4O2. The number of carbonyl (C=O) groups is 1. The summed E-state index contributed by atoms with van der Waals surface area (Å²) in [6.07, 6.45) is 5.24. The largest absolute Gasteiger partial charge is 0.385 e. The number of aromatic nitrogens is 2. The van der Waals surface area contributed by atoms with Gasteiger partial charge in [0.25, 0.3) is 0 Å². The molecule has 2 fully saturated rings. The highest BCUT2D eigenvalue weighted by Crippen LogP contribution is 2.38. The lowest BCUT2D eigenvalue weighted by molar-refractivity contribution is -0.137. The number of unbranched alkanes of at least 4 members (excludes halogenated alkanes) is 1. The van der Waals surface area contributed by atoms with Gasteiger partial charge < -0.3 is 15.0 Å². The highest BCUT2D eigenvalue weighted by Gasteiger charge is 2.40. The average Bonchev–Trinajstić information content (AvgIpc) is 3.26. The van der Waals surface area contributed by atoms with Crippen LogP contribution in [0.4, 0.5) is 0 Å². The second-order valence-electron chi connectivity index (χ2n) is 8.17. The summed E-state index contributed by atoms with van der Waals surface area (Å²) in [7, 11) is 1.74. The molecule has 0 bridgehead atoms. The molecule has 1 aromatic carbocycles. The van der Waals surface area contributed by atoms with Crippen molar-refractivity contribution in [1.29, 1.82) is 0 Å². The predicted octanol–water partition coefficient (Wildman–Crippen LogP) is 3.12. The molecule has 1 N–H and O–H groups in total. The molecule has 28 heavy (non-hydrogen) atoms. The molecule has 0 spiro atoms. The number of nitrogens with one attached hydrogen (secondary N) is 1. The van der Waals surface area contributed by atoms with Crippen molar-refractivity contribution < 1.29 is 9.53 Å². The maximum atomic E-state index is 13.3. The molecule has 6 nitrogen and oxygen atoms in total. The van der Waals surface area contributed by atoms with Crippen LogP contribution in [0.25, 0.3) is 10.9 Å². The van der Waals surface area contributed by atoms with E-state index >= 15 is 0 Å². The van der Waals surface area contributed by atoms with Gasteiger partial charge in [-0.2, -0.15) is 5.10 Å². The van der Waals surface area contributed by atoms with Gasteiger partial charge in [0, 0.05) is 38.2 Å². The first-order chi connectivity index (χ1) is 13.7. The lowest BCUT2D eigenvalue weighted by atomic mass is 10.0. The van der Waals surface area contributed by atoms with Crippen LogP contribution in [-0.4, -0.2) is 53.4 Å². The first-order valence-electron chi connectivity index (χ1n) is 10.7. The van der Waals surface area contributed by atoms with E-state index < -0.39 is 0 Å². The zero-order valence-electron chi connectivity index (χ0n) is 17.1. The Kier molecular flexibility index (Phi) is 5.97. The summed E-state index contributed by atoms with van der Waals surface area (Å²) in [4.78, 5) is 15.4. The maximum absolute atomic E-state index is 13.3. The summed E-state index contributed by atoms with van der Waals surface area (Å²) in [6, 6.07) is 8.81. The molecule has 1 aliphatic carbocycles. The third-order valence-corrected chi connectivity index (χ3v) is 6.07. The van der Waals surface area contributed by atoms with Crippen molar-refractivity contribution in [3.8, 4) is 0 Å². The molecule has 1 saturated carbocycles. The van der Waals surface area contributed by atoms with Gasteiger partial charge in [0.2, 0.25) is 5.91 Å². The van der Waals surface area contributed by atoms with E-state index in [-0.39, 0.29) is 12.0 Å². The van der Waals surface area contributed by atoms with Crippen LogP contribution in [0.1, 0.15) is 50.8 Å². The van der Waals surface area contributed by atoms with Crippen LogP contribution < -0.4 is 5.32 Å². The maximum Gasteiger partial charge on any atom is 0.227 e. The fourth-order valence-electron chi connectivity index (χ4n) is 4.39. The van der Waals surface area contributed by atoms with Gasteiger partial charge in [-0.1, -0.05) is 18.2 Å². The lowest BCUT2D eigenvalue weighted by Gasteiger charge is -2.31. The fraction of sp³-hybridized carbons (Fsp3) is 0.636. The molecule has 2 heterocycles. The number of rotatable bonds is 9. The molecule has 0 unspecified atom stereocenters. The number of methoxy groups -OCH3 is 1. The van der Waals surface area contributed by atoms with Crippen LogP contribution in [0.15, 0.2) is 24.3 Å². The quantitative estimate of drug-likeness (QED) is 0.675. The summed E-state index contributed by atoms with van der Waals surface area (Å²) in [5.74, 6) is 0.421. The second kappa shape index (κ2) is 8.62. The number of aryl methyl sites for hydroxylation is 1. The molecule has 1 saturated heterocycles. The second-order valence-corrected chi connectivity index (χ2v) is 8.17. The number of para-hydroxylation sites is 1. The zero-order valence-corrected chi connectivity index (χ0v) is 17.1. The number of hydrogen-bond donors (Lipinski definition) is 1. The van der Waals surface area contributed by atoms with Crippen LogP contribution in [-0.2, 0) is 16.1 Å². The van der Waals surface area contributed by atoms with Gasteiger partial charge in [-0.05, 0) is 51.6 Å². The zero-order chi connectivity index (χ0) is 19.5. The Morgan fingerprint density at radius 2 is 2.14 bits per heavy atom. The average molecular weight is 385 g/mol. The third kappa shape index (κ3) is 3.94. The molecule has 6 heteroatoms. The molecular weight excluding hydrogens is 352 g/mol. The molecule has 2 aliphatic rings. The first kappa shape index (κ1) is 19.4. The van der Waals surface area contributed by atoms with Gasteiger partial charge in [0.05, 0.1) is 23.2 Å². The van der Waals surface area contributed by atoms with Crippen molar-refractivity contribution in [2.45, 2.75) is 57.7 Å². The van der Waals surface area contributed by atoms with E-state index in [9.17, 15) is 4.79 Å². The van der Waals surface area contributed by atoms with E-state index in [1.165, 1.54) is 5.39 Å². The van der Waals surface area contributed by atoms with Gasteiger partial charge in [0.15, 0.2) is 0 Å². The minimum Gasteiger partial charge on any atom is -0.385 e. The standard InChI is InChI=1S/C22H32N4O2/c1-16(26(18-9-10-18)22(27)17-11-12-23-15-17)21-19-7-3-4-8-20(19)25(24-21)13-5-6-14-28-2/h3-4,7-8,16-18,23H,5-6,9-15H2,1-2H3/t16-,17+/m0/s1. The Morgan fingerprint density at radius 3 is 2.86 bits per heavy atom. The van der Waals surface area contributed by atoms with Gasteiger partial charge in [-0.15, -0.1) is 0 Å². The Balaban J connectivity index is 1.60. The van der Waals surface area contributed by atoms with E-state index in [0.717, 1.165) is 69.6 Å². The SMILES string of the molecule is COCCCCn1nc([C@H](C)N(C(=O)[C@@H]2CCNC2)C2CC2)c2ccccc21. The van der Waals surface area contributed by atoms with Crippen molar-refractivity contribution in [2.75, 3.05) is 26.8 Å². The number of fused-ring (bicyclic) bond motifs is 1. The van der Waals surface area contributed by atoms with Crippen LogP contribution in [0.2, 0.25) is 0 Å². The Morgan fingerprint density at radius 1 is 1.32 bits per heavy atom. The summed E-state index contributed by atoms with van der Waals surface area (Å²) in [5, 5.41) is 9.50. The van der Waals surface area contributed by atoms with E-state index in [0.29, 0.717) is 11.9 Å². The van der Waals surface area contributed by atoms with Crippen molar-refractivity contribution in [2.24, 2.45) is 5.92 Å². The molecule has 152 valence electrons. The van der Waals surface area contributed by atoms with Crippen molar-refractivity contribution in [1.82, 2.24) is 20.0 Å². The molecule has 2 atom stereocenters. The van der Waals surface area contributed by atoms with Crippen LogP contribution in [0.5, 0.6) is 0 Å². The molecule has 2 aromatic rings. The van der Waals surface area contributed by atoms with Crippen LogP contribution >= 0.6 is 0 Å². The monoisotopic (exact) mass is 384 g/mol. The normalized spacial score (nSPS) is 20.6. The smallest absolute Gasteiger partial charge is 0.227 e. The molecule has 1 aliphatic heterocycles. The van der Waals surface area contributed by atoms with Gasteiger partial charge in [-0.3, -0.25) is 9.48 Å². The highest BCUT2D eigenvalue weighted by atomic mass is 16.5. The number of ether oxygens (including phenoxy) is 1. The Hall–Kier alpha value is -1.92. The summed E-state index contributed by atoms with van der Waals surface area (Å²) >= 11 is 0. The third-order valence-electron chi connectivity index (χ3n) is 6.07. The van der Waals surface area contributed by atoms with Crippen molar-refractivity contribution in [3.05, 3.63) is 30.0 Å². The highest BCUT2D eigenvalue weighted by molar-refractivity contribution is 5.84. The Bertz CT molecular complexity index is 808. The number of amides is 1. The first-order valence-corrected chi connectivity index (χ1v) is 10.7. The van der Waals surface area contributed by atoms with Crippen molar-refractivity contribution in [3.63, 3.8) is 0 Å². The predicted molar refractivity (Wildman–Crippen MR) is 110 cm³/mol. The van der Waals surface area contributed by atoms with E-state index in [2.05, 4.69) is 46.1 Å². The summed E-state index contributed by atoms with van der Waals surface area (Å²) < 4.78 is 7.29. The van der Waals surface area contributed by atoms with Crippen LogP contribution in [0.3, 0.4) is 0 Å². The fourth-order valence-corrected chi connectivity index (χ4v) is 4.39. The van der Waals surface area contributed by atoms with Crippen molar-refractivity contribution >= 4 is 16.8 Å². The summed E-state index contributed by atoms with van der Waals surface area (Å²) in [5.41, 5.74) is 2.20. The van der Waals surface area contributed by atoms with Gasteiger partial charge in [-0.25, -0.2) is 0 Å². The molecule has 1 aromatic heterocycles. The number of hydrogen-bond acceptors (Lipinski definition) is 4. The minimum atomic E-state index is 0.00530. The Labute approximate surface area is 167 Å². The number of benzene rings is 1. The van der Waals surface area contributed by atoms with Crippen LogP contribution in [0, 0.1) is 5.92 Å². The van der Waals surface area contributed by atoms with E-state index in [4.69, 9.17) is 9.84 Å². The van der Waals surface area contributed by atoms with Gasteiger partial charge >= 0.3 is 0 Å². The topological polar surface area (TPSA) is 59.4 Å². The number of nitrogens with zero attached hydrogens (tertiary/aromatic N) is 3. The molecule has 1 amide bonds. The molecule has 0 radical (unpaired) electrons. The summed E-state index contributed by atoms with van der Waals surface area (Å²) in [6.45, 7) is 5.57. The van der Waals surface area contributed by atoms with Gasteiger partial charge in [0.1, 0.15) is 0 Å². The lowest BCUT2D eigenvalue weighted by Crippen LogP contribution is -2.40. The molecule has 4 rings (SSSR count). The van der Waals surface area contributed by atoms with E-state index in [1.807, 2.05) is 0 Å². The number of carbonyl (C=O) groups excluding carboxylic acids is 1. The van der Waals surface area contributed by atoms with E-state index in [1.54, 1.807) is 7.11 Å².